The summed E-state index contributed by atoms with van der Waals surface area (Å²) in [5, 5.41) is -1.04. The van der Waals surface area contributed by atoms with Gasteiger partial charge in [0.25, 0.3) is 5.91 Å². The molecule has 1 amide bonds. The SMILES string of the molecule is COCCn1c(=NC(=O)CS(=O)(=O)C(C)=O)sc2ccccc21. The molecule has 23 heavy (non-hydrogen) atoms. The van der Waals surface area contributed by atoms with E-state index in [2.05, 4.69) is 4.99 Å². The minimum atomic E-state index is -4.09. The van der Waals surface area contributed by atoms with Gasteiger partial charge in [-0.05, 0) is 12.1 Å². The molecule has 0 aliphatic rings. The van der Waals surface area contributed by atoms with Crippen LogP contribution in [0.15, 0.2) is 29.3 Å². The summed E-state index contributed by atoms with van der Waals surface area (Å²) >= 11 is 1.28. The summed E-state index contributed by atoms with van der Waals surface area (Å²) in [5.41, 5.74) is 0.885. The van der Waals surface area contributed by atoms with Gasteiger partial charge in [-0.1, -0.05) is 23.5 Å². The maximum atomic E-state index is 11.9. The van der Waals surface area contributed by atoms with Crippen LogP contribution in [0, 0.1) is 0 Å². The first-order valence-corrected chi connectivity index (χ1v) is 9.20. The highest BCUT2D eigenvalue weighted by molar-refractivity contribution is 8.06. The molecule has 0 spiro atoms. The minimum absolute atomic E-state index is 0.381. The van der Waals surface area contributed by atoms with Gasteiger partial charge in [-0.2, -0.15) is 4.99 Å². The molecule has 0 N–H and O–H groups in total. The average Bonchev–Trinajstić information content (AvgIpc) is 2.81. The lowest BCUT2D eigenvalue weighted by molar-refractivity contribution is -0.116. The maximum Gasteiger partial charge on any atom is 0.264 e. The third kappa shape index (κ3) is 4.12. The first-order valence-electron chi connectivity index (χ1n) is 6.73. The summed E-state index contributed by atoms with van der Waals surface area (Å²) in [4.78, 5) is 27.2. The van der Waals surface area contributed by atoms with Crippen LogP contribution < -0.4 is 4.80 Å². The van der Waals surface area contributed by atoms with Crippen molar-refractivity contribution in [1.29, 1.82) is 0 Å². The molecule has 124 valence electrons. The maximum absolute atomic E-state index is 11.9. The second kappa shape index (κ2) is 7.16. The highest BCUT2D eigenvalue weighted by Crippen LogP contribution is 2.16. The quantitative estimate of drug-likeness (QED) is 0.787. The molecule has 0 fully saturated rings. The third-order valence-corrected chi connectivity index (χ3v) is 5.64. The van der Waals surface area contributed by atoms with Crippen molar-refractivity contribution >= 4 is 42.4 Å². The molecule has 7 nitrogen and oxygen atoms in total. The van der Waals surface area contributed by atoms with Crippen LogP contribution in [0.4, 0.5) is 0 Å². The first kappa shape index (κ1) is 17.5. The fraction of sp³-hybridized carbons (Fsp3) is 0.357. The zero-order valence-corrected chi connectivity index (χ0v) is 14.3. The summed E-state index contributed by atoms with van der Waals surface area (Å²) in [6.07, 6.45) is 0. The number of hydrogen-bond acceptors (Lipinski definition) is 6. The molecule has 1 aromatic heterocycles. The second-order valence-electron chi connectivity index (χ2n) is 4.75. The summed E-state index contributed by atoms with van der Waals surface area (Å²) in [5.74, 6) is -1.78. The lowest BCUT2D eigenvalue weighted by Crippen LogP contribution is -2.24. The molecule has 0 aliphatic carbocycles. The normalized spacial score (nSPS) is 12.7. The molecule has 1 heterocycles. The zero-order chi connectivity index (χ0) is 17.0. The highest BCUT2D eigenvalue weighted by atomic mass is 32.2. The van der Waals surface area contributed by atoms with Crippen molar-refractivity contribution in [2.24, 2.45) is 4.99 Å². The Morgan fingerprint density at radius 2 is 2.00 bits per heavy atom. The minimum Gasteiger partial charge on any atom is -0.383 e. The van der Waals surface area contributed by atoms with Crippen LogP contribution >= 0.6 is 11.3 Å². The van der Waals surface area contributed by atoms with Crippen molar-refractivity contribution in [3.05, 3.63) is 29.1 Å². The standard InChI is InChI=1S/C14H16N2O5S2/c1-10(17)23(19,20)9-13(18)15-14-16(7-8-21-2)11-5-3-4-6-12(11)22-14/h3-6H,7-9H2,1-2H3. The Kier molecular flexibility index (Phi) is 5.45. The highest BCUT2D eigenvalue weighted by Gasteiger charge is 2.21. The summed E-state index contributed by atoms with van der Waals surface area (Å²) < 4.78 is 30.8. The number of thiazole rings is 1. The van der Waals surface area contributed by atoms with E-state index < -0.39 is 26.6 Å². The van der Waals surface area contributed by atoms with E-state index in [0.717, 1.165) is 17.1 Å². The number of rotatable bonds is 5. The number of nitrogens with zero attached hydrogens (tertiary/aromatic N) is 2. The number of hydrogen-bond donors (Lipinski definition) is 0. The van der Waals surface area contributed by atoms with E-state index in [1.165, 1.54) is 11.3 Å². The molecule has 0 saturated carbocycles. The van der Waals surface area contributed by atoms with Crippen LogP contribution in [-0.2, 0) is 30.7 Å². The van der Waals surface area contributed by atoms with E-state index >= 15 is 0 Å². The van der Waals surface area contributed by atoms with Gasteiger partial charge < -0.3 is 9.30 Å². The van der Waals surface area contributed by atoms with E-state index in [9.17, 15) is 18.0 Å². The number of fused-ring (bicyclic) bond motifs is 1. The van der Waals surface area contributed by atoms with Crippen LogP contribution in [0.25, 0.3) is 10.2 Å². The van der Waals surface area contributed by atoms with Crippen LogP contribution in [0.3, 0.4) is 0 Å². The zero-order valence-electron chi connectivity index (χ0n) is 12.7. The second-order valence-corrected chi connectivity index (χ2v) is 7.86. The molecule has 0 bridgehead atoms. The van der Waals surface area contributed by atoms with E-state index in [0.29, 0.717) is 18.0 Å². The number of para-hydroxylation sites is 1. The summed E-state index contributed by atoms with van der Waals surface area (Å²) in [7, 11) is -2.52. The fourth-order valence-corrected chi connectivity index (χ4v) is 3.57. The van der Waals surface area contributed by atoms with E-state index in [1.807, 2.05) is 24.3 Å². The van der Waals surface area contributed by atoms with Crippen molar-refractivity contribution in [3.63, 3.8) is 0 Å². The number of benzene rings is 1. The predicted molar refractivity (Wildman–Crippen MR) is 86.7 cm³/mol. The first-order chi connectivity index (χ1) is 10.8. The van der Waals surface area contributed by atoms with Gasteiger partial charge >= 0.3 is 0 Å². The Hall–Kier alpha value is -1.84. The smallest absolute Gasteiger partial charge is 0.264 e. The van der Waals surface area contributed by atoms with Gasteiger partial charge in [0, 0.05) is 20.6 Å². The molecule has 0 aliphatic heterocycles. The number of aromatic nitrogens is 1. The third-order valence-electron chi connectivity index (χ3n) is 3.08. The Morgan fingerprint density at radius 3 is 2.65 bits per heavy atom. The Bertz CT molecular complexity index is 909. The number of carbonyl (C=O) groups is 2. The van der Waals surface area contributed by atoms with Gasteiger partial charge in [0.15, 0.2) is 4.80 Å². The van der Waals surface area contributed by atoms with Crippen molar-refractivity contribution in [2.45, 2.75) is 13.5 Å². The largest absolute Gasteiger partial charge is 0.383 e. The molecular weight excluding hydrogens is 340 g/mol. The number of sulfone groups is 1. The molecule has 0 radical (unpaired) electrons. The predicted octanol–water partition coefficient (Wildman–Crippen LogP) is 0.738. The van der Waals surface area contributed by atoms with Crippen LogP contribution in [0.1, 0.15) is 6.92 Å². The number of methoxy groups -OCH3 is 1. The molecule has 2 rings (SSSR count). The van der Waals surface area contributed by atoms with Crippen molar-refractivity contribution < 1.29 is 22.7 Å². The van der Waals surface area contributed by atoms with E-state index in [-0.39, 0.29) is 0 Å². The lowest BCUT2D eigenvalue weighted by atomic mass is 10.3. The monoisotopic (exact) mass is 356 g/mol. The van der Waals surface area contributed by atoms with Crippen LogP contribution in [-0.4, -0.2) is 43.5 Å². The van der Waals surface area contributed by atoms with Crippen molar-refractivity contribution in [2.75, 3.05) is 19.5 Å². The van der Waals surface area contributed by atoms with Gasteiger partial charge in [-0.15, -0.1) is 0 Å². The van der Waals surface area contributed by atoms with Gasteiger partial charge in [-0.3, -0.25) is 9.59 Å². The summed E-state index contributed by atoms with van der Waals surface area (Å²) in [6, 6.07) is 7.51. The number of amides is 1. The molecule has 0 saturated heterocycles. The van der Waals surface area contributed by atoms with E-state index in [4.69, 9.17) is 4.74 Å². The molecular formula is C14H16N2O5S2. The lowest BCUT2D eigenvalue weighted by Gasteiger charge is -2.03. The van der Waals surface area contributed by atoms with Gasteiger partial charge in [0.2, 0.25) is 15.0 Å². The Morgan fingerprint density at radius 1 is 1.30 bits per heavy atom. The Balaban J connectivity index is 2.45. The van der Waals surface area contributed by atoms with Crippen LogP contribution in [0.5, 0.6) is 0 Å². The van der Waals surface area contributed by atoms with Crippen LogP contribution in [0.2, 0.25) is 0 Å². The molecule has 0 atom stereocenters. The number of carbonyl (C=O) groups excluding carboxylic acids is 2. The van der Waals surface area contributed by atoms with E-state index in [1.54, 1.807) is 11.7 Å². The fourth-order valence-electron chi connectivity index (χ4n) is 1.91. The molecule has 0 unspecified atom stereocenters. The van der Waals surface area contributed by atoms with Crippen molar-refractivity contribution in [3.8, 4) is 0 Å². The number of ether oxygens (including phenoxy) is 1. The molecule has 9 heteroatoms. The molecule has 1 aromatic carbocycles. The average molecular weight is 356 g/mol. The Labute approximate surface area is 137 Å². The van der Waals surface area contributed by atoms with Gasteiger partial charge in [0.1, 0.15) is 5.75 Å². The molecule has 2 aromatic rings. The van der Waals surface area contributed by atoms with Crippen molar-refractivity contribution in [1.82, 2.24) is 4.57 Å². The van der Waals surface area contributed by atoms with Gasteiger partial charge in [-0.25, -0.2) is 8.42 Å². The summed E-state index contributed by atoms with van der Waals surface area (Å²) in [6.45, 7) is 1.82. The topological polar surface area (TPSA) is 94.8 Å². The van der Waals surface area contributed by atoms with Gasteiger partial charge in [0.05, 0.1) is 16.8 Å².